The van der Waals surface area contributed by atoms with Gasteiger partial charge in [0.05, 0.1) is 4.90 Å². The first-order chi connectivity index (χ1) is 9.51. The average Bonchev–Trinajstić information content (AvgIpc) is 3.20. The molecule has 1 fully saturated rings. The van der Waals surface area contributed by atoms with Crippen molar-refractivity contribution in [1.82, 2.24) is 4.72 Å². The highest BCUT2D eigenvalue weighted by Crippen LogP contribution is 2.22. The van der Waals surface area contributed by atoms with Gasteiger partial charge in [-0.15, -0.1) is 0 Å². The third-order valence-corrected chi connectivity index (χ3v) is 5.61. The minimum absolute atomic E-state index is 0.144. The van der Waals surface area contributed by atoms with Gasteiger partial charge in [-0.25, -0.2) is 13.1 Å². The van der Waals surface area contributed by atoms with Crippen LogP contribution in [-0.4, -0.2) is 33.0 Å². The fourth-order valence-electron chi connectivity index (χ4n) is 1.88. The topological polar surface area (TPSA) is 58.2 Å². The van der Waals surface area contributed by atoms with E-state index in [0.717, 1.165) is 30.8 Å². The Morgan fingerprint density at radius 3 is 2.50 bits per heavy atom. The van der Waals surface area contributed by atoms with E-state index in [4.69, 9.17) is 0 Å². The Hall–Kier alpha value is -0.720. The van der Waals surface area contributed by atoms with E-state index in [1.54, 1.807) is 12.1 Å². The molecule has 112 valence electrons. The van der Waals surface area contributed by atoms with Crippen LogP contribution in [0.4, 0.5) is 5.69 Å². The molecular formula is C14H22N2O2S2. The molecule has 2 N–H and O–H groups in total. The molecule has 0 aliphatic heterocycles. The molecule has 1 unspecified atom stereocenters. The molecule has 0 saturated heterocycles. The van der Waals surface area contributed by atoms with Crippen molar-refractivity contribution >= 4 is 27.5 Å². The molecule has 0 aromatic heterocycles. The van der Waals surface area contributed by atoms with Gasteiger partial charge >= 0.3 is 0 Å². The summed E-state index contributed by atoms with van der Waals surface area (Å²) >= 11 is 1.83. The van der Waals surface area contributed by atoms with Crippen LogP contribution < -0.4 is 10.0 Å². The summed E-state index contributed by atoms with van der Waals surface area (Å²) in [4.78, 5) is 0.340. The SMILES string of the molecule is CSCC(C)CNc1ccc(S(=O)(=O)NC2CC2)cc1. The van der Waals surface area contributed by atoms with Crippen molar-refractivity contribution in [3.63, 3.8) is 0 Å². The van der Waals surface area contributed by atoms with Crippen molar-refractivity contribution in [3.8, 4) is 0 Å². The zero-order valence-corrected chi connectivity index (χ0v) is 13.6. The summed E-state index contributed by atoms with van der Waals surface area (Å²) in [5, 5.41) is 3.33. The van der Waals surface area contributed by atoms with Crippen molar-refractivity contribution in [2.45, 2.75) is 30.7 Å². The second-order valence-corrected chi connectivity index (χ2v) is 7.99. The lowest BCUT2D eigenvalue weighted by Gasteiger charge is -2.13. The molecule has 0 radical (unpaired) electrons. The summed E-state index contributed by atoms with van der Waals surface area (Å²) in [6, 6.07) is 7.12. The number of hydrogen-bond acceptors (Lipinski definition) is 4. The summed E-state index contributed by atoms with van der Waals surface area (Å²) in [6.07, 6.45) is 4.00. The first-order valence-electron chi connectivity index (χ1n) is 6.86. The second kappa shape index (κ2) is 6.83. The van der Waals surface area contributed by atoms with Crippen LogP contribution in [0.5, 0.6) is 0 Å². The van der Waals surface area contributed by atoms with E-state index in [-0.39, 0.29) is 6.04 Å². The summed E-state index contributed by atoms with van der Waals surface area (Å²) in [5.41, 5.74) is 0.961. The molecule has 0 heterocycles. The monoisotopic (exact) mass is 314 g/mol. The normalized spacial score (nSPS) is 16.9. The molecule has 2 rings (SSSR count). The quantitative estimate of drug-likeness (QED) is 0.774. The maximum absolute atomic E-state index is 12.0. The van der Waals surface area contributed by atoms with Crippen LogP contribution in [-0.2, 0) is 10.0 Å². The molecule has 0 amide bonds. The van der Waals surface area contributed by atoms with E-state index in [9.17, 15) is 8.42 Å². The Bertz CT molecular complexity index is 525. The van der Waals surface area contributed by atoms with E-state index < -0.39 is 10.0 Å². The fourth-order valence-corrected chi connectivity index (χ4v) is 3.87. The smallest absolute Gasteiger partial charge is 0.240 e. The van der Waals surface area contributed by atoms with Gasteiger partial charge in [-0.1, -0.05) is 6.92 Å². The maximum Gasteiger partial charge on any atom is 0.240 e. The maximum atomic E-state index is 12.0. The van der Waals surface area contributed by atoms with Crippen molar-refractivity contribution in [2.24, 2.45) is 5.92 Å². The molecule has 1 aromatic carbocycles. The molecule has 20 heavy (non-hydrogen) atoms. The molecule has 0 bridgehead atoms. The largest absolute Gasteiger partial charge is 0.385 e. The van der Waals surface area contributed by atoms with Crippen LogP contribution in [0.25, 0.3) is 0 Å². The van der Waals surface area contributed by atoms with Crippen molar-refractivity contribution < 1.29 is 8.42 Å². The third-order valence-electron chi connectivity index (χ3n) is 3.17. The highest BCUT2D eigenvalue weighted by Gasteiger charge is 2.27. The first-order valence-corrected chi connectivity index (χ1v) is 9.74. The van der Waals surface area contributed by atoms with Crippen LogP contribution in [0.3, 0.4) is 0 Å². The van der Waals surface area contributed by atoms with Gasteiger partial charge in [0, 0.05) is 18.3 Å². The van der Waals surface area contributed by atoms with Gasteiger partial charge in [-0.3, -0.25) is 0 Å². The van der Waals surface area contributed by atoms with E-state index in [0.29, 0.717) is 10.8 Å². The van der Waals surface area contributed by atoms with Gasteiger partial charge < -0.3 is 5.32 Å². The zero-order valence-electron chi connectivity index (χ0n) is 11.9. The number of anilines is 1. The molecule has 0 spiro atoms. The predicted molar refractivity (Wildman–Crippen MR) is 85.8 cm³/mol. The Labute approximate surface area is 125 Å². The van der Waals surface area contributed by atoms with E-state index >= 15 is 0 Å². The van der Waals surface area contributed by atoms with Crippen molar-refractivity contribution in [2.75, 3.05) is 23.9 Å². The number of sulfonamides is 1. The first kappa shape index (κ1) is 15.7. The molecule has 1 atom stereocenters. The number of hydrogen-bond donors (Lipinski definition) is 2. The van der Waals surface area contributed by atoms with Gasteiger partial charge in [0.1, 0.15) is 0 Å². The Kier molecular flexibility index (Phi) is 5.35. The Balaban J connectivity index is 1.92. The van der Waals surface area contributed by atoms with Crippen molar-refractivity contribution in [1.29, 1.82) is 0 Å². The summed E-state index contributed by atoms with van der Waals surface area (Å²) in [5.74, 6) is 1.70. The van der Waals surface area contributed by atoms with Gasteiger partial charge in [0.25, 0.3) is 0 Å². The highest BCUT2D eigenvalue weighted by atomic mass is 32.2. The van der Waals surface area contributed by atoms with Gasteiger partial charge in [-0.2, -0.15) is 11.8 Å². The molecule has 1 aliphatic rings. The summed E-state index contributed by atoms with van der Waals surface area (Å²) in [6.45, 7) is 3.09. The van der Waals surface area contributed by atoms with Gasteiger partial charge in [0.15, 0.2) is 0 Å². The molecular weight excluding hydrogens is 292 g/mol. The highest BCUT2D eigenvalue weighted by molar-refractivity contribution is 7.98. The van der Waals surface area contributed by atoms with E-state index in [1.807, 2.05) is 23.9 Å². The number of rotatable bonds is 8. The second-order valence-electron chi connectivity index (χ2n) is 5.36. The molecule has 1 aliphatic carbocycles. The number of nitrogens with one attached hydrogen (secondary N) is 2. The van der Waals surface area contributed by atoms with Crippen LogP contribution in [0, 0.1) is 5.92 Å². The van der Waals surface area contributed by atoms with Crippen molar-refractivity contribution in [3.05, 3.63) is 24.3 Å². The minimum Gasteiger partial charge on any atom is -0.385 e. The fraction of sp³-hybridized carbons (Fsp3) is 0.571. The van der Waals surface area contributed by atoms with Crippen LogP contribution in [0.15, 0.2) is 29.2 Å². The minimum atomic E-state index is -3.33. The third kappa shape index (κ3) is 4.68. The average molecular weight is 314 g/mol. The zero-order chi connectivity index (χ0) is 14.6. The Morgan fingerprint density at radius 1 is 1.30 bits per heavy atom. The van der Waals surface area contributed by atoms with Crippen LogP contribution in [0.1, 0.15) is 19.8 Å². The van der Waals surface area contributed by atoms with Crippen LogP contribution in [0.2, 0.25) is 0 Å². The Morgan fingerprint density at radius 2 is 1.95 bits per heavy atom. The lowest BCUT2D eigenvalue weighted by molar-refractivity contribution is 0.581. The van der Waals surface area contributed by atoms with E-state index in [2.05, 4.69) is 23.2 Å². The molecule has 1 aromatic rings. The molecule has 6 heteroatoms. The molecule has 4 nitrogen and oxygen atoms in total. The summed E-state index contributed by atoms with van der Waals surface area (Å²) in [7, 11) is -3.33. The lowest BCUT2D eigenvalue weighted by atomic mass is 10.2. The molecule has 1 saturated carbocycles. The van der Waals surface area contributed by atoms with E-state index in [1.165, 1.54) is 0 Å². The standard InChI is InChI=1S/C14H22N2O2S2/c1-11(10-19-2)9-15-12-5-7-14(8-6-12)20(17,18)16-13-3-4-13/h5-8,11,13,15-16H,3-4,9-10H2,1-2H3. The predicted octanol–water partition coefficient (Wildman–Crippen LogP) is 2.54. The van der Waals surface area contributed by atoms with Gasteiger partial charge in [0.2, 0.25) is 10.0 Å². The summed E-state index contributed by atoms with van der Waals surface area (Å²) < 4.78 is 26.7. The number of thioether (sulfide) groups is 1. The lowest BCUT2D eigenvalue weighted by Crippen LogP contribution is -2.25. The van der Waals surface area contributed by atoms with Crippen LogP contribution >= 0.6 is 11.8 Å². The number of benzene rings is 1. The van der Waals surface area contributed by atoms with Gasteiger partial charge in [-0.05, 0) is 55.0 Å².